The van der Waals surface area contributed by atoms with Crippen LogP contribution in [0.2, 0.25) is 0 Å². The van der Waals surface area contributed by atoms with Crippen LogP contribution < -0.4 is 15.0 Å². The monoisotopic (exact) mass is 264 g/mol. The van der Waals surface area contributed by atoms with Crippen LogP contribution in [0, 0.1) is 0 Å². The first kappa shape index (κ1) is 15.4. The molecule has 16 heavy (non-hydrogen) atoms. The number of benzene rings is 1. The minimum absolute atomic E-state index is 0. The highest BCUT2D eigenvalue weighted by Crippen LogP contribution is 2.19. The molecular weight excluding hydrogens is 247 g/mol. The van der Waals surface area contributed by atoms with Crippen LogP contribution >= 0.6 is 24.8 Å². The number of rotatable bonds is 2. The molecule has 2 rings (SSSR count). The van der Waals surface area contributed by atoms with Crippen molar-refractivity contribution in [3.8, 4) is 5.75 Å². The smallest absolute Gasteiger partial charge is 0.119 e. The summed E-state index contributed by atoms with van der Waals surface area (Å²) >= 11 is 0. The maximum atomic E-state index is 5.13. The molecule has 0 aromatic heterocycles. The molecule has 0 bridgehead atoms. The Hall–Kier alpha value is -0.640. The molecule has 1 aliphatic heterocycles. The molecule has 1 N–H and O–H groups in total. The van der Waals surface area contributed by atoms with Crippen LogP contribution in [0.25, 0.3) is 0 Å². The summed E-state index contributed by atoms with van der Waals surface area (Å²) in [6.07, 6.45) is 0. The fourth-order valence-electron chi connectivity index (χ4n) is 1.72. The lowest BCUT2D eigenvalue weighted by Crippen LogP contribution is -2.43. The summed E-state index contributed by atoms with van der Waals surface area (Å²) in [6, 6.07) is 8.25. The minimum atomic E-state index is 0. The van der Waals surface area contributed by atoms with Crippen LogP contribution in [-0.2, 0) is 0 Å². The van der Waals surface area contributed by atoms with Gasteiger partial charge in [-0.2, -0.15) is 0 Å². The standard InChI is InChI=1S/C11H16N2O.2ClH/c1-14-11-4-2-10(3-5-11)13-8-6-12-7-9-13;;/h2-5,12H,6-9H2,1H3;2*1H. The lowest BCUT2D eigenvalue weighted by atomic mass is 10.2. The number of ether oxygens (including phenoxy) is 1. The number of nitrogens with zero attached hydrogens (tertiary/aromatic N) is 1. The Morgan fingerprint density at radius 1 is 1.06 bits per heavy atom. The minimum Gasteiger partial charge on any atom is -0.497 e. The normalized spacial score (nSPS) is 14.7. The van der Waals surface area contributed by atoms with Crippen LogP contribution in [0.5, 0.6) is 5.75 Å². The highest BCUT2D eigenvalue weighted by molar-refractivity contribution is 5.85. The Kier molecular flexibility index (Phi) is 7.30. The van der Waals surface area contributed by atoms with Crippen molar-refractivity contribution in [3.05, 3.63) is 24.3 Å². The molecule has 0 atom stereocenters. The van der Waals surface area contributed by atoms with Gasteiger partial charge in [0.2, 0.25) is 0 Å². The largest absolute Gasteiger partial charge is 0.497 e. The van der Waals surface area contributed by atoms with Crippen molar-refractivity contribution in [2.75, 3.05) is 38.2 Å². The van der Waals surface area contributed by atoms with E-state index >= 15 is 0 Å². The third-order valence-electron chi connectivity index (χ3n) is 2.55. The van der Waals surface area contributed by atoms with E-state index in [9.17, 15) is 0 Å². The van der Waals surface area contributed by atoms with Crippen LogP contribution in [0.1, 0.15) is 0 Å². The first-order chi connectivity index (χ1) is 6.90. The summed E-state index contributed by atoms with van der Waals surface area (Å²) in [5, 5.41) is 3.34. The van der Waals surface area contributed by atoms with Gasteiger partial charge in [-0.15, -0.1) is 24.8 Å². The fraction of sp³-hybridized carbons (Fsp3) is 0.455. The molecule has 0 saturated carbocycles. The molecule has 1 fully saturated rings. The molecule has 3 nitrogen and oxygen atoms in total. The summed E-state index contributed by atoms with van der Waals surface area (Å²) in [5.41, 5.74) is 1.28. The van der Waals surface area contributed by atoms with Crippen LogP contribution in [0.4, 0.5) is 5.69 Å². The zero-order chi connectivity index (χ0) is 9.80. The lowest BCUT2D eigenvalue weighted by molar-refractivity contribution is 0.415. The van der Waals surface area contributed by atoms with Crippen LogP contribution in [0.15, 0.2) is 24.3 Å². The third-order valence-corrected chi connectivity index (χ3v) is 2.55. The van der Waals surface area contributed by atoms with Gasteiger partial charge in [-0.05, 0) is 24.3 Å². The maximum Gasteiger partial charge on any atom is 0.119 e. The average Bonchev–Trinajstić information content (AvgIpc) is 2.30. The average molecular weight is 265 g/mol. The predicted molar refractivity (Wildman–Crippen MR) is 72.6 cm³/mol. The van der Waals surface area contributed by atoms with E-state index in [1.165, 1.54) is 5.69 Å². The number of halogens is 2. The first-order valence-electron chi connectivity index (χ1n) is 5.00. The maximum absolute atomic E-state index is 5.13. The Morgan fingerprint density at radius 3 is 2.12 bits per heavy atom. The zero-order valence-corrected chi connectivity index (χ0v) is 10.9. The van der Waals surface area contributed by atoms with Crippen molar-refractivity contribution in [2.45, 2.75) is 0 Å². The van der Waals surface area contributed by atoms with E-state index in [0.717, 1.165) is 31.9 Å². The molecule has 92 valence electrons. The van der Waals surface area contributed by atoms with Crippen LogP contribution in [0.3, 0.4) is 0 Å². The predicted octanol–water partition coefficient (Wildman–Crippen LogP) is 1.95. The molecule has 1 saturated heterocycles. The third kappa shape index (κ3) is 3.74. The Bertz CT molecular complexity index is 287. The van der Waals surface area contributed by atoms with Gasteiger partial charge in [0.05, 0.1) is 7.11 Å². The molecule has 1 aliphatic rings. The first-order valence-corrected chi connectivity index (χ1v) is 5.00. The van der Waals surface area contributed by atoms with Crippen LogP contribution in [-0.4, -0.2) is 33.3 Å². The van der Waals surface area contributed by atoms with Gasteiger partial charge >= 0.3 is 0 Å². The summed E-state index contributed by atoms with van der Waals surface area (Å²) in [7, 11) is 1.69. The van der Waals surface area contributed by atoms with Gasteiger partial charge in [0.1, 0.15) is 5.75 Å². The number of methoxy groups -OCH3 is 1. The van der Waals surface area contributed by atoms with Crippen molar-refractivity contribution in [3.63, 3.8) is 0 Å². The van der Waals surface area contributed by atoms with Gasteiger partial charge < -0.3 is 15.0 Å². The second-order valence-corrected chi connectivity index (χ2v) is 3.44. The fourth-order valence-corrected chi connectivity index (χ4v) is 1.72. The summed E-state index contributed by atoms with van der Waals surface area (Å²) < 4.78 is 5.13. The highest BCUT2D eigenvalue weighted by atomic mass is 35.5. The number of hydrogen-bond acceptors (Lipinski definition) is 3. The quantitative estimate of drug-likeness (QED) is 0.884. The molecule has 0 unspecified atom stereocenters. The van der Waals surface area contributed by atoms with E-state index in [4.69, 9.17) is 4.74 Å². The van der Waals surface area contributed by atoms with Gasteiger partial charge in [-0.1, -0.05) is 0 Å². The molecule has 0 spiro atoms. The molecule has 0 aliphatic carbocycles. The SMILES string of the molecule is COc1ccc(N2CCNCC2)cc1.Cl.Cl. The lowest BCUT2D eigenvalue weighted by Gasteiger charge is -2.29. The van der Waals surface area contributed by atoms with Crippen molar-refractivity contribution in [1.82, 2.24) is 5.32 Å². The van der Waals surface area contributed by atoms with E-state index < -0.39 is 0 Å². The Morgan fingerprint density at radius 2 is 1.62 bits per heavy atom. The van der Waals surface area contributed by atoms with E-state index in [-0.39, 0.29) is 24.8 Å². The van der Waals surface area contributed by atoms with E-state index in [1.807, 2.05) is 12.1 Å². The van der Waals surface area contributed by atoms with Gasteiger partial charge in [0, 0.05) is 31.9 Å². The van der Waals surface area contributed by atoms with Crippen molar-refractivity contribution in [2.24, 2.45) is 0 Å². The molecule has 1 aromatic rings. The van der Waals surface area contributed by atoms with Crippen molar-refractivity contribution < 1.29 is 4.74 Å². The topological polar surface area (TPSA) is 24.5 Å². The zero-order valence-electron chi connectivity index (χ0n) is 9.31. The summed E-state index contributed by atoms with van der Waals surface area (Å²) in [5.74, 6) is 0.920. The molecular formula is C11H18Cl2N2O. The van der Waals surface area contributed by atoms with Crippen molar-refractivity contribution in [1.29, 1.82) is 0 Å². The molecule has 1 heterocycles. The Labute approximate surface area is 109 Å². The van der Waals surface area contributed by atoms with Gasteiger partial charge in [0.15, 0.2) is 0 Å². The van der Waals surface area contributed by atoms with E-state index in [1.54, 1.807) is 7.11 Å². The molecule has 0 radical (unpaired) electrons. The Balaban J connectivity index is 0.00000112. The van der Waals surface area contributed by atoms with Crippen molar-refractivity contribution >= 4 is 30.5 Å². The molecule has 0 amide bonds. The van der Waals surface area contributed by atoms with E-state index in [0.29, 0.717) is 0 Å². The molecule has 1 aromatic carbocycles. The second kappa shape index (κ2) is 7.60. The number of piperazine rings is 1. The van der Waals surface area contributed by atoms with Gasteiger partial charge in [-0.3, -0.25) is 0 Å². The van der Waals surface area contributed by atoms with Gasteiger partial charge in [0.25, 0.3) is 0 Å². The van der Waals surface area contributed by atoms with Gasteiger partial charge in [-0.25, -0.2) is 0 Å². The summed E-state index contributed by atoms with van der Waals surface area (Å²) in [4.78, 5) is 2.38. The number of hydrogen-bond donors (Lipinski definition) is 1. The number of nitrogens with one attached hydrogen (secondary N) is 1. The number of anilines is 1. The highest BCUT2D eigenvalue weighted by Gasteiger charge is 2.09. The molecule has 5 heteroatoms. The van der Waals surface area contributed by atoms with E-state index in [2.05, 4.69) is 22.3 Å². The second-order valence-electron chi connectivity index (χ2n) is 3.44. The summed E-state index contributed by atoms with van der Waals surface area (Å²) in [6.45, 7) is 4.33.